The summed E-state index contributed by atoms with van der Waals surface area (Å²) in [5.41, 5.74) is 0.983. The predicted octanol–water partition coefficient (Wildman–Crippen LogP) is 3.46. The number of benzene rings is 1. The van der Waals surface area contributed by atoms with E-state index in [1.165, 1.54) is 26.4 Å². The van der Waals surface area contributed by atoms with Crippen LogP contribution in [0.3, 0.4) is 0 Å². The summed E-state index contributed by atoms with van der Waals surface area (Å²) in [5.74, 6) is 0.662. The average Bonchev–Trinajstić information content (AvgIpc) is 2.53. The molecule has 0 aliphatic heterocycles. The summed E-state index contributed by atoms with van der Waals surface area (Å²) in [7, 11) is 1.45. The van der Waals surface area contributed by atoms with Crippen LogP contribution in [0, 0.1) is 5.92 Å². The van der Waals surface area contributed by atoms with Crippen molar-refractivity contribution in [1.29, 1.82) is 0 Å². The van der Waals surface area contributed by atoms with E-state index in [1.807, 2.05) is 30.3 Å². The van der Waals surface area contributed by atoms with Gasteiger partial charge in [0.15, 0.2) is 0 Å². The van der Waals surface area contributed by atoms with Gasteiger partial charge in [0.05, 0.1) is 7.11 Å². The van der Waals surface area contributed by atoms with Crippen LogP contribution in [0.25, 0.3) is 0 Å². The van der Waals surface area contributed by atoms with Crippen LogP contribution in [-0.4, -0.2) is 19.1 Å². The molecule has 0 aromatic heterocycles. The molecule has 3 nitrogen and oxygen atoms in total. The Balaban J connectivity index is 2.00. The van der Waals surface area contributed by atoms with Crippen molar-refractivity contribution in [3.63, 3.8) is 0 Å². The molecule has 1 aliphatic carbocycles. The predicted molar refractivity (Wildman–Crippen MR) is 80.4 cm³/mol. The first-order valence-corrected chi connectivity index (χ1v) is 7.63. The molecule has 1 fully saturated rings. The van der Waals surface area contributed by atoms with Crippen molar-refractivity contribution in [2.24, 2.45) is 5.92 Å². The molecule has 1 saturated carbocycles. The molecule has 2 rings (SSSR count). The van der Waals surface area contributed by atoms with Gasteiger partial charge in [-0.2, -0.15) is 0 Å². The third-order valence-corrected chi connectivity index (χ3v) is 4.40. The van der Waals surface area contributed by atoms with Crippen molar-refractivity contribution in [3.05, 3.63) is 35.9 Å². The third kappa shape index (κ3) is 3.83. The number of nitrogens with one attached hydrogen (secondary N) is 1. The monoisotopic (exact) mass is 275 g/mol. The molecule has 3 heteroatoms. The van der Waals surface area contributed by atoms with Gasteiger partial charge in [0.25, 0.3) is 0 Å². The number of carbonyl (C=O) groups is 1. The van der Waals surface area contributed by atoms with Crippen LogP contribution in [0.2, 0.25) is 0 Å². The fourth-order valence-corrected chi connectivity index (χ4v) is 3.04. The summed E-state index contributed by atoms with van der Waals surface area (Å²) >= 11 is 0. The lowest BCUT2D eigenvalue weighted by molar-refractivity contribution is -0.143. The van der Waals surface area contributed by atoms with Gasteiger partial charge in [-0.3, -0.25) is 5.32 Å². The van der Waals surface area contributed by atoms with E-state index >= 15 is 0 Å². The van der Waals surface area contributed by atoms with Gasteiger partial charge in [0.1, 0.15) is 6.04 Å². The number of carbonyl (C=O) groups excluding carboxylic acids is 1. The Labute approximate surface area is 121 Å². The normalized spacial score (nSPS) is 24.1. The van der Waals surface area contributed by atoms with Crippen molar-refractivity contribution in [3.8, 4) is 0 Å². The molecule has 0 bridgehead atoms. The van der Waals surface area contributed by atoms with E-state index in [4.69, 9.17) is 4.74 Å². The molecule has 20 heavy (non-hydrogen) atoms. The fraction of sp³-hybridized carbons (Fsp3) is 0.588. The van der Waals surface area contributed by atoms with Crippen LogP contribution in [0.1, 0.15) is 50.6 Å². The largest absolute Gasteiger partial charge is 0.468 e. The van der Waals surface area contributed by atoms with E-state index < -0.39 is 0 Å². The Hall–Kier alpha value is -1.35. The maximum absolute atomic E-state index is 12.0. The van der Waals surface area contributed by atoms with Crippen molar-refractivity contribution in [2.75, 3.05) is 7.11 Å². The molecule has 1 aliphatic rings. The number of esters is 1. The van der Waals surface area contributed by atoms with Crippen molar-refractivity contribution >= 4 is 5.97 Å². The minimum atomic E-state index is -0.343. The molecular weight excluding hydrogens is 250 g/mol. The summed E-state index contributed by atoms with van der Waals surface area (Å²) in [6, 6.07) is 9.91. The second-order valence-electron chi connectivity index (χ2n) is 5.66. The fourth-order valence-electron chi connectivity index (χ4n) is 3.04. The Morgan fingerprint density at radius 1 is 1.25 bits per heavy atom. The van der Waals surface area contributed by atoms with Crippen molar-refractivity contribution in [2.45, 2.75) is 51.1 Å². The number of hydrogen-bond acceptors (Lipinski definition) is 3. The van der Waals surface area contributed by atoms with E-state index in [0.29, 0.717) is 6.04 Å². The van der Waals surface area contributed by atoms with Crippen LogP contribution in [0.5, 0.6) is 0 Å². The van der Waals surface area contributed by atoms with E-state index in [2.05, 4.69) is 12.2 Å². The van der Waals surface area contributed by atoms with Crippen LogP contribution >= 0.6 is 0 Å². The first-order chi connectivity index (χ1) is 9.74. The Morgan fingerprint density at radius 2 is 1.90 bits per heavy atom. The van der Waals surface area contributed by atoms with Gasteiger partial charge in [-0.05, 0) is 37.2 Å². The van der Waals surface area contributed by atoms with Gasteiger partial charge in [0, 0.05) is 6.04 Å². The van der Waals surface area contributed by atoms with Gasteiger partial charge in [-0.25, -0.2) is 4.79 Å². The third-order valence-electron chi connectivity index (χ3n) is 4.40. The Bertz CT molecular complexity index is 410. The highest BCUT2D eigenvalue weighted by atomic mass is 16.5. The first kappa shape index (κ1) is 15.0. The minimum Gasteiger partial charge on any atom is -0.468 e. The zero-order chi connectivity index (χ0) is 14.4. The number of hydrogen-bond donors (Lipinski definition) is 1. The number of methoxy groups -OCH3 is 1. The lowest BCUT2D eigenvalue weighted by Gasteiger charge is -2.31. The highest BCUT2D eigenvalue weighted by molar-refractivity contribution is 5.77. The summed E-state index contributed by atoms with van der Waals surface area (Å²) in [6.07, 6.45) is 6.09. The van der Waals surface area contributed by atoms with Gasteiger partial charge in [-0.1, -0.05) is 43.7 Å². The summed E-state index contributed by atoms with van der Waals surface area (Å²) in [6.45, 7) is 2.26. The molecule has 1 atom stereocenters. The minimum absolute atomic E-state index is 0.200. The molecule has 1 aromatic carbocycles. The maximum Gasteiger partial charge on any atom is 0.327 e. The lowest BCUT2D eigenvalue weighted by Crippen LogP contribution is -2.39. The standard InChI is InChI=1S/C17H25NO2/c1-3-13-9-11-15(12-10-13)18-16(17(19)20-2)14-7-5-4-6-8-14/h4-8,13,15-16,18H,3,9-12H2,1-2H3. The second-order valence-corrected chi connectivity index (χ2v) is 5.66. The van der Waals surface area contributed by atoms with Gasteiger partial charge < -0.3 is 4.74 Å². The van der Waals surface area contributed by atoms with Crippen LogP contribution in [0.4, 0.5) is 0 Å². The first-order valence-electron chi connectivity index (χ1n) is 7.63. The van der Waals surface area contributed by atoms with E-state index in [-0.39, 0.29) is 12.0 Å². The average molecular weight is 275 g/mol. The van der Waals surface area contributed by atoms with Gasteiger partial charge >= 0.3 is 5.97 Å². The molecule has 1 N–H and O–H groups in total. The summed E-state index contributed by atoms with van der Waals surface area (Å²) in [5, 5.41) is 3.49. The lowest BCUT2D eigenvalue weighted by atomic mass is 9.84. The SMILES string of the molecule is CCC1CCC(NC(C(=O)OC)c2ccccc2)CC1. The molecule has 0 radical (unpaired) electrons. The zero-order valence-electron chi connectivity index (χ0n) is 12.5. The maximum atomic E-state index is 12.0. The molecule has 110 valence electrons. The smallest absolute Gasteiger partial charge is 0.327 e. The Morgan fingerprint density at radius 3 is 2.45 bits per heavy atom. The molecule has 0 spiro atoms. The molecule has 0 heterocycles. The van der Waals surface area contributed by atoms with E-state index in [0.717, 1.165) is 24.3 Å². The topological polar surface area (TPSA) is 38.3 Å². The van der Waals surface area contributed by atoms with Crippen LogP contribution < -0.4 is 5.32 Å². The van der Waals surface area contributed by atoms with Crippen molar-refractivity contribution < 1.29 is 9.53 Å². The summed E-state index contributed by atoms with van der Waals surface area (Å²) in [4.78, 5) is 12.0. The van der Waals surface area contributed by atoms with Crippen molar-refractivity contribution in [1.82, 2.24) is 5.32 Å². The van der Waals surface area contributed by atoms with Gasteiger partial charge in [-0.15, -0.1) is 0 Å². The van der Waals surface area contributed by atoms with Gasteiger partial charge in [0.2, 0.25) is 0 Å². The summed E-state index contributed by atoms with van der Waals surface area (Å²) < 4.78 is 4.95. The highest BCUT2D eigenvalue weighted by Crippen LogP contribution is 2.28. The quantitative estimate of drug-likeness (QED) is 0.836. The molecule has 1 aromatic rings. The van der Waals surface area contributed by atoms with Crippen LogP contribution in [-0.2, 0) is 9.53 Å². The van der Waals surface area contributed by atoms with Crippen LogP contribution in [0.15, 0.2) is 30.3 Å². The molecule has 0 saturated heterocycles. The molecular formula is C17H25NO2. The molecule has 0 amide bonds. The second kappa shape index (κ2) is 7.44. The van der Waals surface area contributed by atoms with E-state index in [9.17, 15) is 4.79 Å². The highest BCUT2D eigenvalue weighted by Gasteiger charge is 2.27. The Kier molecular flexibility index (Phi) is 5.60. The van der Waals surface area contributed by atoms with E-state index in [1.54, 1.807) is 0 Å². The molecule has 1 unspecified atom stereocenters. The zero-order valence-corrected chi connectivity index (χ0v) is 12.5. The number of rotatable bonds is 5. The number of ether oxygens (including phenoxy) is 1.